The zero-order valence-corrected chi connectivity index (χ0v) is 15.0. The van der Waals surface area contributed by atoms with E-state index in [1.807, 2.05) is 26.8 Å². The number of aliphatic hydroxyl groups excluding tert-OH is 1. The molecule has 1 aromatic carbocycles. The number of nitrogens with zero attached hydrogens (tertiary/aromatic N) is 1. The predicted molar refractivity (Wildman–Crippen MR) is 90.9 cm³/mol. The molecule has 1 aliphatic rings. The SMILES string of the molecule is CC(C)(C)OC(=O)N1C[C@H](NCc2ccc(Cl)cc2Cl)[C@@H](O)C1. The van der Waals surface area contributed by atoms with Gasteiger partial charge < -0.3 is 20.1 Å². The van der Waals surface area contributed by atoms with Crippen LogP contribution in [0, 0.1) is 0 Å². The number of carbonyl (C=O) groups is 1. The number of ether oxygens (including phenoxy) is 1. The van der Waals surface area contributed by atoms with E-state index in [0.29, 0.717) is 23.1 Å². The van der Waals surface area contributed by atoms with Crippen molar-refractivity contribution in [3.8, 4) is 0 Å². The van der Waals surface area contributed by atoms with Crippen molar-refractivity contribution in [2.24, 2.45) is 0 Å². The van der Waals surface area contributed by atoms with Crippen molar-refractivity contribution in [3.05, 3.63) is 33.8 Å². The van der Waals surface area contributed by atoms with Gasteiger partial charge in [-0.3, -0.25) is 0 Å². The van der Waals surface area contributed by atoms with E-state index in [2.05, 4.69) is 5.32 Å². The fourth-order valence-corrected chi connectivity index (χ4v) is 2.84. The van der Waals surface area contributed by atoms with Crippen molar-refractivity contribution in [2.45, 2.75) is 45.1 Å². The molecule has 2 rings (SSSR count). The molecule has 5 nitrogen and oxygen atoms in total. The highest BCUT2D eigenvalue weighted by molar-refractivity contribution is 6.35. The fraction of sp³-hybridized carbons (Fsp3) is 0.562. The van der Waals surface area contributed by atoms with Crippen molar-refractivity contribution in [1.82, 2.24) is 10.2 Å². The number of amides is 1. The van der Waals surface area contributed by atoms with E-state index in [1.54, 1.807) is 12.1 Å². The summed E-state index contributed by atoms with van der Waals surface area (Å²) in [5.41, 5.74) is 0.337. The van der Waals surface area contributed by atoms with Crippen LogP contribution in [-0.4, -0.2) is 46.9 Å². The fourth-order valence-electron chi connectivity index (χ4n) is 2.37. The second-order valence-electron chi connectivity index (χ2n) is 6.68. The third-order valence-electron chi connectivity index (χ3n) is 3.51. The summed E-state index contributed by atoms with van der Waals surface area (Å²) in [7, 11) is 0. The summed E-state index contributed by atoms with van der Waals surface area (Å²) in [6.45, 7) is 6.57. The van der Waals surface area contributed by atoms with Gasteiger partial charge in [0, 0.05) is 23.1 Å². The van der Waals surface area contributed by atoms with Gasteiger partial charge in [-0.25, -0.2) is 4.79 Å². The molecule has 1 aliphatic heterocycles. The Morgan fingerprint density at radius 2 is 2.09 bits per heavy atom. The van der Waals surface area contributed by atoms with E-state index in [1.165, 1.54) is 4.90 Å². The van der Waals surface area contributed by atoms with Crippen LogP contribution in [0.4, 0.5) is 4.79 Å². The largest absolute Gasteiger partial charge is 0.444 e. The number of rotatable bonds is 3. The average Bonchev–Trinajstić information content (AvgIpc) is 2.77. The number of β-amino-alcohol motifs (C(OH)–C–C–N with tert-alkyl or cyclic N) is 1. The lowest BCUT2D eigenvalue weighted by Gasteiger charge is -2.24. The molecule has 0 spiro atoms. The summed E-state index contributed by atoms with van der Waals surface area (Å²) in [6, 6.07) is 5.06. The molecule has 0 aliphatic carbocycles. The second kappa shape index (κ2) is 7.26. The van der Waals surface area contributed by atoms with Crippen LogP contribution in [-0.2, 0) is 11.3 Å². The topological polar surface area (TPSA) is 61.8 Å². The minimum Gasteiger partial charge on any atom is -0.444 e. The van der Waals surface area contributed by atoms with Crippen LogP contribution < -0.4 is 5.32 Å². The number of carbonyl (C=O) groups excluding carboxylic acids is 1. The standard InChI is InChI=1S/C16H22Cl2N2O3/c1-16(2,3)23-15(22)20-8-13(14(21)9-20)19-7-10-4-5-11(17)6-12(10)18/h4-6,13-14,19,21H,7-9H2,1-3H3/t13-,14-/m0/s1. The highest BCUT2D eigenvalue weighted by Gasteiger charge is 2.35. The summed E-state index contributed by atoms with van der Waals surface area (Å²) in [5.74, 6) is 0. The molecule has 0 radical (unpaired) electrons. The van der Waals surface area contributed by atoms with E-state index in [-0.39, 0.29) is 12.6 Å². The molecule has 1 aromatic rings. The van der Waals surface area contributed by atoms with Crippen molar-refractivity contribution >= 4 is 29.3 Å². The van der Waals surface area contributed by atoms with E-state index >= 15 is 0 Å². The number of benzene rings is 1. The van der Waals surface area contributed by atoms with Crippen molar-refractivity contribution < 1.29 is 14.6 Å². The van der Waals surface area contributed by atoms with Crippen molar-refractivity contribution in [3.63, 3.8) is 0 Å². The van der Waals surface area contributed by atoms with E-state index in [9.17, 15) is 9.90 Å². The molecular formula is C16H22Cl2N2O3. The van der Waals surface area contributed by atoms with Gasteiger partial charge in [0.05, 0.1) is 18.7 Å². The third-order valence-corrected chi connectivity index (χ3v) is 4.10. The van der Waals surface area contributed by atoms with Gasteiger partial charge in [-0.2, -0.15) is 0 Å². The maximum Gasteiger partial charge on any atom is 0.410 e. The Morgan fingerprint density at radius 3 is 2.70 bits per heavy atom. The van der Waals surface area contributed by atoms with Crippen LogP contribution in [0.15, 0.2) is 18.2 Å². The maximum absolute atomic E-state index is 12.0. The number of hydrogen-bond donors (Lipinski definition) is 2. The Bertz CT molecular complexity index is 575. The number of aliphatic hydroxyl groups is 1. The molecule has 1 saturated heterocycles. The lowest BCUT2D eigenvalue weighted by atomic mass is 10.2. The highest BCUT2D eigenvalue weighted by atomic mass is 35.5. The zero-order valence-electron chi connectivity index (χ0n) is 13.5. The Morgan fingerprint density at radius 1 is 1.39 bits per heavy atom. The monoisotopic (exact) mass is 360 g/mol. The normalized spacial score (nSPS) is 21.6. The molecular weight excluding hydrogens is 339 g/mol. The average molecular weight is 361 g/mol. The summed E-state index contributed by atoms with van der Waals surface area (Å²) in [6.07, 6.45) is -1.06. The number of nitrogens with one attached hydrogen (secondary N) is 1. The summed E-state index contributed by atoms with van der Waals surface area (Å²) in [4.78, 5) is 13.6. The lowest BCUT2D eigenvalue weighted by Crippen LogP contribution is -2.39. The van der Waals surface area contributed by atoms with Gasteiger partial charge >= 0.3 is 6.09 Å². The summed E-state index contributed by atoms with van der Waals surface area (Å²) < 4.78 is 5.33. The molecule has 1 amide bonds. The highest BCUT2D eigenvalue weighted by Crippen LogP contribution is 2.22. The number of likely N-dealkylation sites (tertiary alicyclic amines) is 1. The molecule has 23 heavy (non-hydrogen) atoms. The van der Waals surface area contributed by atoms with Gasteiger partial charge in [0.25, 0.3) is 0 Å². The minimum absolute atomic E-state index is 0.228. The molecule has 1 fully saturated rings. The molecule has 7 heteroatoms. The molecule has 2 atom stereocenters. The van der Waals surface area contributed by atoms with Crippen LogP contribution in [0.1, 0.15) is 26.3 Å². The van der Waals surface area contributed by atoms with E-state index < -0.39 is 17.8 Å². The smallest absolute Gasteiger partial charge is 0.410 e. The minimum atomic E-state index is -0.645. The zero-order chi connectivity index (χ0) is 17.2. The van der Waals surface area contributed by atoms with E-state index in [4.69, 9.17) is 27.9 Å². The molecule has 0 aromatic heterocycles. The van der Waals surface area contributed by atoms with Gasteiger partial charge in [-0.15, -0.1) is 0 Å². The molecule has 0 unspecified atom stereocenters. The van der Waals surface area contributed by atoms with Crippen LogP contribution in [0.5, 0.6) is 0 Å². The molecule has 1 heterocycles. The maximum atomic E-state index is 12.0. The summed E-state index contributed by atoms with van der Waals surface area (Å²) in [5, 5.41) is 14.5. The van der Waals surface area contributed by atoms with Crippen molar-refractivity contribution in [1.29, 1.82) is 0 Å². The lowest BCUT2D eigenvalue weighted by molar-refractivity contribution is 0.0270. The van der Waals surface area contributed by atoms with Crippen LogP contribution in [0.3, 0.4) is 0 Å². The first-order valence-electron chi connectivity index (χ1n) is 7.49. The van der Waals surface area contributed by atoms with Gasteiger partial charge in [-0.1, -0.05) is 29.3 Å². The van der Waals surface area contributed by atoms with Crippen LogP contribution >= 0.6 is 23.2 Å². The van der Waals surface area contributed by atoms with Crippen molar-refractivity contribution in [2.75, 3.05) is 13.1 Å². The first-order chi connectivity index (χ1) is 10.7. The van der Waals surface area contributed by atoms with Crippen LogP contribution in [0.25, 0.3) is 0 Å². The first kappa shape index (κ1) is 18.3. The Labute approximate surface area is 146 Å². The quantitative estimate of drug-likeness (QED) is 0.869. The second-order valence-corrected chi connectivity index (χ2v) is 7.52. The van der Waals surface area contributed by atoms with Gasteiger partial charge in [0.15, 0.2) is 0 Å². The molecule has 0 bridgehead atoms. The number of hydrogen-bond acceptors (Lipinski definition) is 4. The molecule has 2 N–H and O–H groups in total. The van der Waals surface area contributed by atoms with Crippen LogP contribution in [0.2, 0.25) is 10.0 Å². The predicted octanol–water partition coefficient (Wildman–Crippen LogP) is 3.06. The molecule has 0 saturated carbocycles. The van der Waals surface area contributed by atoms with Gasteiger partial charge in [0.1, 0.15) is 5.60 Å². The Hall–Kier alpha value is -1.01. The molecule has 128 valence electrons. The van der Waals surface area contributed by atoms with E-state index in [0.717, 1.165) is 5.56 Å². The Kier molecular flexibility index (Phi) is 5.79. The third kappa shape index (κ3) is 5.24. The number of halogens is 2. The van der Waals surface area contributed by atoms with Gasteiger partial charge in [0.2, 0.25) is 0 Å². The first-order valence-corrected chi connectivity index (χ1v) is 8.24. The Balaban J connectivity index is 1.90. The van der Waals surface area contributed by atoms with Gasteiger partial charge in [-0.05, 0) is 38.5 Å². The summed E-state index contributed by atoms with van der Waals surface area (Å²) >= 11 is 12.0.